The Bertz CT molecular complexity index is 1370. The molecule has 0 radical (unpaired) electrons. The number of methoxy groups -OCH3 is 1. The Labute approximate surface area is 190 Å². The number of para-hydroxylation sites is 1. The number of hydrazone groups is 1. The molecule has 0 aliphatic rings. The van der Waals surface area contributed by atoms with Gasteiger partial charge in [0.25, 0.3) is 0 Å². The first-order chi connectivity index (χ1) is 15.8. The van der Waals surface area contributed by atoms with E-state index in [9.17, 15) is 0 Å². The highest BCUT2D eigenvalue weighted by atomic mass is 32.1. The lowest BCUT2D eigenvalue weighted by Gasteiger charge is -2.12. The van der Waals surface area contributed by atoms with Gasteiger partial charge in [0.05, 0.1) is 23.5 Å². The van der Waals surface area contributed by atoms with E-state index in [0.29, 0.717) is 18.1 Å². The van der Waals surface area contributed by atoms with Gasteiger partial charge in [0.1, 0.15) is 6.61 Å². The molecule has 4 aromatic carbocycles. The van der Waals surface area contributed by atoms with Crippen LogP contribution in [0.5, 0.6) is 11.5 Å². The molecular weight excluding hydrogens is 418 g/mol. The normalized spacial score (nSPS) is 11.3. The van der Waals surface area contributed by atoms with E-state index in [0.717, 1.165) is 26.5 Å². The van der Waals surface area contributed by atoms with E-state index in [1.54, 1.807) is 24.7 Å². The summed E-state index contributed by atoms with van der Waals surface area (Å²) in [4.78, 5) is 4.52. The molecule has 0 unspecified atom stereocenters. The molecule has 0 aliphatic carbocycles. The zero-order valence-electron chi connectivity index (χ0n) is 17.5. The molecule has 1 heterocycles. The van der Waals surface area contributed by atoms with Crippen LogP contribution in [0.2, 0.25) is 0 Å². The minimum absolute atomic E-state index is 0.463. The molecule has 158 valence electrons. The lowest BCUT2D eigenvalue weighted by molar-refractivity contribution is 0.285. The van der Waals surface area contributed by atoms with Crippen LogP contribution in [0.3, 0.4) is 0 Å². The lowest BCUT2D eigenvalue weighted by atomic mass is 10.1. The standard InChI is InChI=1S/C26H21N3O2S/c1-30-24-15-18(16-27-29-26-28-22-11-4-5-12-25(22)32-26)13-14-23(24)31-17-20-9-6-8-19-7-2-3-10-21(19)20/h2-16H,17H2,1H3,(H,28,29)/b27-16-. The maximum Gasteiger partial charge on any atom is 0.204 e. The van der Waals surface area contributed by atoms with Crippen LogP contribution in [0.25, 0.3) is 21.0 Å². The van der Waals surface area contributed by atoms with Gasteiger partial charge in [-0.2, -0.15) is 5.10 Å². The number of hydrogen-bond acceptors (Lipinski definition) is 6. The predicted octanol–water partition coefficient (Wildman–Crippen LogP) is 6.48. The molecule has 32 heavy (non-hydrogen) atoms. The summed E-state index contributed by atoms with van der Waals surface area (Å²) in [5.74, 6) is 1.35. The van der Waals surface area contributed by atoms with E-state index in [-0.39, 0.29) is 0 Å². The van der Waals surface area contributed by atoms with E-state index >= 15 is 0 Å². The molecule has 0 atom stereocenters. The Balaban J connectivity index is 1.28. The van der Waals surface area contributed by atoms with Gasteiger partial charge in [0.15, 0.2) is 11.5 Å². The first-order valence-corrected chi connectivity index (χ1v) is 11.0. The lowest BCUT2D eigenvalue weighted by Crippen LogP contribution is -1.99. The van der Waals surface area contributed by atoms with Gasteiger partial charge in [0.2, 0.25) is 5.13 Å². The van der Waals surface area contributed by atoms with Crippen LogP contribution in [-0.2, 0) is 6.61 Å². The molecule has 0 saturated heterocycles. The van der Waals surface area contributed by atoms with E-state index in [1.165, 1.54) is 10.8 Å². The molecule has 5 nitrogen and oxygen atoms in total. The van der Waals surface area contributed by atoms with Crippen LogP contribution in [0.15, 0.2) is 90.0 Å². The Hall–Kier alpha value is -3.90. The Morgan fingerprint density at radius 3 is 2.69 bits per heavy atom. The number of hydrogen-bond donors (Lipinski definition) is 1. The number of ether oxygens (including phenoxy) is 2. The van der Waals surface area contributed by atoms with Gasteiger partial charge in [-0.1, -0.05) is 65.9 Å². The van der Waals surface area contributed by atoms with E-state index in [1.807, 2.05) is 54.6 Å². The Morgan fingerprint density at radius 1 is 0.938 bits per heavy atom. The van der Waals surface area contributed by atoms with Crippen molar-refractivity contribution >= 4 is 43.7 Å². The van der Waals surface area contributed by atoms with Crippen molar-refractivity contribution in [3.05, 3.63) is 96.1 Å². The molecule has 0 bridgehead atoms. The fourth-order valence-electron chi connectivity index (χ4n) is 3.54. The summed E-state index contributed by atoms with van der Waals surface area (Å²) in [5.41, 5.74) is 6.00. The second-order valence-electron chi connectivity index (χ2n) is 7.19. The smallest absolute Gasteiger partial charge is 0.204 e. The molecule has 0 spiro atoms. The SMILES string of the molecule is COc1cc(/C=N\Nc2nc3ccccc3s2)ccc1OCc1cccc2ccccc12. The van der Waals surface area contributed by atoms with Crippen LogP contribution in [0, 0.1) is 0 Å². The first-order valence-electron chi connectivity index (χ1n) is 10.2. The molecule has 6 heteroatoms. The molecular formula is C26H21N3O2S. The highest BCUT2D eigenvalue weighted by Gasteiger charge is 2.08. The number of benzene rings is 4. The van der Waals surface area contributed by atoms with Crippen LogP contribution in [0.1, 0.15) is 11.1 Å². The summed E-state index contributed by atoms with van der Waals surface area (Å²) in [6, 6.07) is 28.3. The second-order valence-corrected chi connectivity index (χ2v) is 8.22. The number of thiazole rings is 1. The molecule has 5 aromatic rings. The van der Waals surface area contributed by atoms with E-state index in [4.69, 9.17) is 9.47 Å². The largest absolute Gasteiger partial charge is 0.493 e. The molecule has 1 N–H and O–H groups in total. The Morgan fingerprint density at radius 2 is 1.78 bits per heavy atom. The average Bonchev–Trinajstić information content (AvgIpc) is 3.26. The summed E-state index contributed by atoms with van der Waals surface area (Å²) >= 11 is 1.57. The highest BCUT2D eigenvalue weighted by Crippen LogP contribution is 2.30. The summed E-state index contributed by atoms with van der Waals surface area (Å²) < 4.78 is 12.8. The van der Waals surface area contributed by atoms with Gasteiger partial charge in [-0.25, -0.2) is 4.98 Å². The fraction of sp³-hybridized carbons (Fsp3) is 0.0769. The maximum atomic E-state index is 6.09. The van der Waals surface area contributed by atoms with Crippen molar-refractivity contribution in [2.45, 2.75) is 6.61 Å². The molecule has 0 aliphatic heterocycles. The monoisotopic (exact) mass is 439 g/mol. The molecule has 0 amide bonds. The minimum atomic E-state index is 0.463. The number of rotatable bonds is 7. The van der Waals surface area contributed by atoms with Crippen molar-refractivity contribution in [2.24, 2.45) is 5.10 Å². The van der Waals surface area contributed by atoms with Gasteiger partial charge in [-0.05, 0) is 52.2 Å². The van der Waals surface area contributed by atoms with Crippen molar-refractivity contribution in [1.29, 1.82) is 0 Å². The Kier molecular flexibility index (Phi) is 5.68. The van der Waals surface area contributed by atoms with Gasteiger partial charge in [-0.3, -0.25) is 5.43 Å². The molecule has 0 saturated carbocycles. The highest BCUT2D eigenvalue weighted by molar-refractivity contribution is 7.22. The number of nitrogens with one attached hydrogen (secondary N) is 1. The number of aromatic nitrogens is 1. The molecule has 1 aromatic heterocycles. The topological polar surface area (TPSA) is 55.7 Å². The average molecular weight is 440 g/mol. The molecule has 0 fully saturated rings. The van der Waals surface area contributed by atoms with Gasteiger partial charge < -0.3 is 9.47 Å². The third-order valence-electron chi connectivity index (χ3n) is 5.12. The second kappa shape index (κ2) is 9.08. The number of anilines is 1. The van der Waals surface area contributed by atoms with Crippen LogP contribution < -0.4 is 14.9 Å². The van der Waals surface area contributed by atoms with Crippen molar-refractivity contribution in [2.75, 3.05) is 12.5 Å². The number of nitrogens with zero attached hydrogens (tertiary/aromatic N) is 2. The van der Waals surface area contributed by atoms with Gasteiger partial charge >= 0.3 is 0 Å². The van der Waals surface area contributed by atoms with E-state index < -0.39 is 0 Å². The van der Waals surface area contributed by atoms with Crippen molar-refractivity contribution in [3.63, 3.8) is 0 Å². The summed E-state index contributed by atoms with van der Waals surface area (Å²) in [5, 5.41) is 7.47. The van der Waals surface area contributed by atoms with Crippen molar-refractivity contribution in [3.8, 4) is 11.5 Å². The van der Waals surface area contributed by atoms with Gasteiger partial charge in [-0.15, -0.1) is 0 Å². The zero-order chi connectivity index (χ0) is 21.8. The fourth-order valence-corrected chi connectivity index (χ4v) is 4.36. The summed E-state index contributed by atoms with van der Waals surface area (Å²) in [6.07, 6.45) is 1.74. The third kappa shape index (κ3) is 4.26. The number of fused-ring (bicyclic) bond motifs is 2. The summed E-state index contributed by atoms with van der Waals surface area (Å²) in [6.45, 7) is 0.463. The minimum Gasteiger partial charge on any atom is -0.493 e. The third-order valence-corrected chi connectivity index (χ3v) is 6.06. The van der Waals surface area contributed by atoms with Crippen LogP contribution in [-0.4, -0.2) is 18.3 Å². The zero-order valence-corrected chi connectivity index (χ0v) is 18.3. The van der Waals surface area contributed by atoms with E-state index in [2.05, 4.69) is 45.8 Å². The predicted molar refractivity (Wildman–Crippen MR) is 132 cm³/mol. The quantitative estimate of drug-likeness (QED) is 0.233. The van der Waals surface area contributed by atoms with Crippen molar-refractivity contribution in [1.82, 2.24) is 4.98 Å². The van der Waals surface area contributed by atoms with Crippen LogP contribution >= 0.6 is 11.3 Å². The van der Waals surface area contributed by atoms with Crippen molar-refractivity contribution < 1.29 is 9.47 Å². The van der Waals surface area contributed by atoms with Crippen LogP contribution in [0.4, 0.5) is 5.13 Å². The first kappa shape index (κ1) is 20.0. The summed E-state index contributed by atoms with van der Waals surface area (Å²) in [7, 11) is 1.64. The maximum absolute atomic E-state index is 6.09. The van der Waals surface area contributed by atoms with Gasteiger partial charge in [0, 0.05) is 0 Å². The molecule has 5 rings (SSSR count).